The van der Waals surface area contributed by atoms with Gasteiger partial charge in [-0.2, -0.15) is 5.10 Å². The van der Waals surface area contributed by atoms with Crippen LogP contribution in [0.1, 0.15) is 52.9 Å². The second kappa shape index (κ2) is 7.32. The van der Waals surface area contributed by atoms with Crippen molar-refractivity contribution in [3.8, 4) is 5.69 Å². The topological polar surface area (TPSA) is 84.2 Å². The van der Waals surface area contributed by atoms with Crippen LogP contribution in [0.4, 0.5) is 0 Å². The van der Waals surface area contributed by atoms with Crippen molar-refractivity contribution in [1.29, 1.82) is 0 Å². The lowest BCUT2D eigenvalue weighted by Crippen LogP contribution is -2.38. The Morgan fingerprint density at radius 2 is 1.85 bits per heavy atom. The number of carboxylic acid groups (broad SMARTS) is 1. The molecular weight excluding hydrogens is 330 g/mol. The highest BCUT2D eigenvalue weighted by molar-refractivity contribution is 5.95. The standard InChI is InChI=1S/C20H25N3O3/c1-12-4-5-13(2)18(10-12)23-14(3)17(11-21-23)19(24)22-16-8-6-15(7-9-16)20(25)26/h4-5,10-11,15-16H,6-9H2,1-3H3,(H,22,24)(H,25,26). The molecule has 0 aliphatic heterocycles. The SMILES string of the molecule is Cc1ccc(C)c(-n2ncc(C(=O)NC3CCC(C(=O)O)CC3)c2C)c1. The van der Waals surface area contributed by atoms with Gasteiger partial charge >= 0.3 is 5.97 Å². The lowest BCUT2D eigenvalue weighted by atomic mass is 9.86. The fourth-order valence-electron chi connectivity index (χ4n) is 3.57. The molecule has 0 atom stereocenters. The molecule has 1 saturated carbocycles. The molecule has 1 aromatic carbocycles. The highest BCUT2D eigenvalue weighted by Gasteiger charge is 2.27. The monoisotopic (exact) mass is 355 g/mol. The van der Waals surface area contributed by atoms with Crippen LogP contribution in [-0.4, -0.2) is 32.8 Å². The number of aliphatic carboxylic acids is 1. The molecular formula is C20H25N3O3. The van der Waals surface area contributed by atoms with E-state index in [9.17, 15) is 9.59 Å². The van der Waals surface area contributed by atoms with E-state index in [0.29, 0.717) is 31.2 Å². The molecule has 0 bridgehead atoms. The van der Waals surface area contributed by atoms with Gasteiger partial charge in [-0.25, -0.2) is 4.68 Å². The van der Waals surface area contributed by atoms with E-state index in [2.05, 4.69) is 22.5 Å². The van der Waals surface area contributed by atoms with Gasteiger partial charge in [-0.15, -0.1) is 0 Å². The van der Waals surface area contributed by atoms with Crippen molar-refractivity contribution in [2.24, 2.45) is 5.92 Å². The van der Waals surface area contributed by atoms with Crippen molar-refractivity contribution in [2.45, 2.75) is 52.5 Å². The summed E-state index contributed by atoms with van der Waals surface area (Å²) in [6.45, 7) is 5.95. The number of rotatable bonds is 4. The molecule has 0 unspecified atom stereocenters. The van der Waals surface area contributed by atoms with Crippen LogP contribution in [0.3, 0.4) is 0 Å². The zero-order chi connectivity index (χ0) is 18.8. The van der Waals surface area contributed by atoms with E-state index in [1.165, 1.54) is 0 Å². The molecule has 0 spiro atoms. The quantitative estimate of drug-likeness (QED) is 0.882. The minimum absolute atomic E-state index is 0.0292. The van der Waals surface area contributed by atoms with Gasteiger partial charge in [0, 0.05) is 6.04 Å². The third-order valence-corrected chi connectivity index (χ3v) is 5.26. The van der Waals surface area contributed by atoms with Gasteiger partial charge in [0.1, 0.15) is 0 Å². The Balaban J connectivity index is 1.73. The first-order chi connectivity index (χ1) is 12.4. The Kier molecular flexibility index (Phi) is 5.11. The predicted octanol–water partition coefficient (Wildman–Crippen LogP) is 3.17. The Hall–Kier alpha value is -2.63. The Bertz CT molecular complexity index is 833. The van der Waals surface area contributed by atoms with Crippen molar-refractivity contribution in [1.82, 2.24) is 15.1 Å². The van der Waals surface area contributed by atoms with Crippen LogP contribution in [0.15, 0.2) is 24.4 Å². The molecule has 1 fully saturated rings. The highest BCUT2D eigenvalue weighted by atomic mass is 16.4. The maximum absolute atomic E-state index is 12.7. The molecule has 1 heterocycles. The summed E-state index contributed by atoms with van der Waals surface area (Å²) in [5.74, 6) is -1.16. The zero-order valence-electron chi connectivity index (χ0n) is 15.5. The number of carboxylic acids is 1. The smallest absolute Gasteiger partial charge is 0.306 e. The Morgan fingerprint density at radius 1 is 1.15 bits per heavy atom. The number of nitrogens with zero attached hydrogens (tertiary/aromatic N) is 2. The number of hydrogen-bond donors (Lipinski definition) is 2. The van der Waals surface area contributed by atoms with Gasteiger partial charge in [0.15, 0.2) is 0 Å². The van der Waals surface area contributed by atoms with Crippen LogP contribution < -0.4 is 5.32 Å². The average molecular weight is 355 g/mol. The van der Waals surface area contributed by atoms with Crippen LogP contribution in [0, 0.1) is 26.7 Å². The van der Waals surface area contributed by atoms with E-state index in [4.69, 9.17) is 5.11 Å². The van der Waals surface area contributed by atoms with E-state index in [0.717, 1.165) is 22.5 Å². The number of carbonyl (C=O) groups excluding carboxylic acids is 1. The first-order valence-electron chi connectivity index (χ1n) is 9.02. The summed E-state index contributed by atoms with van der Waals surface area (Å²) in [4.78, 5) is 23.7. The molecule has 1 aliphatic rings. The molecule has 0 saturated heterocycles. The molecule has 6 nitrogen and oxygen atoms in total. The first kappa shape index (κ1) is 18.2. The molecule has 26 heavy (non-hydrogen) atoms. The lowest BCUT2D eigenvalue weighted by molar-refractivity contribution is -0.142. The third-order valence-electron chi connectivity index (χ3n) is 5.26. The molecule has 1 aromatic heterocycles. The zero-order valence-corrected chi connectivity index (χ0v) is 15.5. The first-order valence-corrected chi connectivity index (χ1v) is 9.02. The molecule has 138 valence electrons. The summed E-state index contributed by atoms with van der Waals surface area (Å²) in [7, 11) is 0. The number of nitrogens with one attached hydrogen (secondary N) is 1. The largest absolute Gasteiger partial charge is 0.481 e. The van der Waals surface area contributed by atoms with Crippen LogP contribution in [0.2, 0.25) is 0 Å². The fraction of sp³-hybridized carbons (Fsp3) is 0.450. The van der Waals surface area contributed by atoms with Crippen molar-refractivity contribution < 1.29 is 14.7 Å². The number of carbonyl (C=O) groups is 2. The lowest BCUT2D eigenvalue weighted by Gasteiger charge is -2.26. The van der Waals surface area contributed by atoms with Crippen LogP contribution in [0.5, 0.6) is 0 Å². The molecule has 1 aliphatic carbocycles. The van der Waals surface area contributed by atoms with Gasteiger partial charge in [0.2, 0.25) is 0 Å². The molecule has 2 N–H and O–H groups in total. The summed E-state index contributed by atoms with van der Waals surface area (Å²) in [6.07, 6.45) is 4.23. The Labute approximate surface area is 153 Å². The second-order valence-electron chi connectivity index (χ2n) is 7.21. The van der Waals surface area contributed by atoms with Crippen molar-refractivity contribution in [3.63, 3.8) is 0 Å². The van der Waals surface area contributed by atoms with Gasteiger partial charge < -0.3 is 10.4 Å². The fourth-order valence-corrected chi connectivity index (χ4v) is 3.57. The van der Waals surface area contributed by atoms with Gasteiger partial charge in [0.25, 0.3) is 5.91 Å². The number of aryl methyl sites for hydroxylation is 2. The molecule has 1 amide bonds. The van der Waals surface area contributed by atoms with Gasteiger partial charge in [-0.3, -0.25) is 9.59 Å². The normalized spacial score (nSPS) is 20.0. The Morgan fingerprint density at radius 3 is 2.50 bits per heavy atom. The summed E-state index contributed by atoms with van der Waals surface area (Å²) in [6, 6.07) is 6.19. The summed E-state index contributed by atoms with van der Waals surface area (Å²) < 4.78 is 1.80. The van der Waals surface area contributed by atoms with Crippen molar-refractivity contribution in [3.05, 3.63) is 46.8 Å². The molecule has 6 heteroatoms. The third kappa shape index (κ3) is 3.64. The van der Waals surface area contributed by atoms with E-state index in [1.807, 2.05) is 26.8 Å². The molecule has 3 rings (SSSR count). The average Bonchev–Trinajstić information content (AvgIpc) is 2.99. The number of hydrogen-bond acceptors (Lipinski definition) is 3. The summed E-state index contributed by atoms with van der Waals surface area (Å²) >= 11 is 0. The highest BCUT2D eigenvalue weighted by Crippen LogP contribution is 2.25. The van der Waals surface area contributed by atoms with Gasteiger partial charge in [-0.1, -0.05) is 12.1 Å². The minimum atomic E-state index is -0.736. The van der Waals surface area contributed by atoms with E-state index in [1.54, 1.807) is 10.9 Å². The summed E-state index contributed by atoms with van der Waals surface area (Å²) in [5, 5.41) is 16.5. The summed E-state index contributed by atoms with van der Waals surface area (Å²) in [5.41, 5.74) is 4.58. The van der Waals surface area contributed by atoms with Crippen molar-refractivity contribution in [2.75, 3.05) is 0 Å². The predicted molar refractivity (Wildman–Crippen MR) is 98.6 cm³/mol. The van der Waals surface area contributed by atoms with Crippen LogP contribution in [0.25, 0.3) is 5.69 Å². The second-order valence-corrected chi connectivity index (χ2v) is 7.21. The molecule has 0 radical (unpaired) electrons. The van der Waals surface area contributed by atoms with Crippen LogP contribution >= 0.6 is 0 Å². The van der Waals surface area contributed by atoms with Crippen LogP contribution in [-0.2, 0) is 4.79 Å². The maximum atomic E-state index is 12.7. The molecule has 2 aromatic rings. The number of benzene rings is 1. The van der Waals surface area contributed by atoms with Crippen molar-refractivity contribution >= 4 is 11.9 Å². The minimum Gasteiger partial charge on any atom is -0.481 e. The number of aromatic nitrogens is 2. The number of amides is 1. The maximum Gasteiger partial charge on any atom is 0.306 e. The van der Waals surface area contributed by atoms with Gasteiger partial charge in [0.05, 0.1) is 29.1 Å². The van der Waals surface area contributed by atoms with E-state index >= 15 is 0 Å². The van der Waals surface area contributed by atoms with E-state index < -0.39 is 5.97 Å². The van der Waals surface area contributed by atoms with Gasteiger partial charge in [-0.05, 0) is 63.6 Å². The van der Waals surface area contributed by atoms with E-state index in [-0.39, 0.29) is 17.9 Å².